The first-order chi connectivity index (χ1) is 4.88. The molecule has 0 aliphatic heterocycles. The van der Waals surface area contributed by atoms with Crippen LogP contribution in [0, 0.1) is 11.8 Å². The van der Waals surface area contributed by atoms with Gasteiger partial charge < -0.3 is 0 Å². The van der Waals surface area contributed by atoms with E-state index in [4.69, 9.17) is 0 Å². The van der Waals surface area contributed by atoms with Gasteiger partial charge in [-0.3, -0.25) is 0 Å². The van der Waals surface area contributed by atoms with Crippen molar-refractivity contribution in [1.82, 2.24) is 0 Å². The third kappa shape index (κ3) is 2.17. The number of hydrogen-bond donors (Lipinski definition) is 0. The molecule has 0 N–H and O–H groups in total. The zero-order chi connectivity index (χ0) is 7.40. The lowest BCUT2D eigenvalue weighted by Crippen LogP contribution is -1.79. The van der Waals surface area contributed by atoms with Crippen LogP contribution in [-0.4, -0.2) is 0 Å². The van der Waals surface area contributed by atoms with E-state index in [-0.39, 0.29) is 0 Å². The highest BCUT2D eigenvalue weighted by molar-refractivity contribution is 4.88. The van der Waals surface area contributed by atoms with Crippen LogP contribution in [0.3, 0.4) is 0 Å². The van der Waals surface area contributed by atoms with Gasteiger partial charge in [0, 0.05) is 0 Å². The minimum Gasteiger partial charge on any atom is -0.0917 e. The molecule has 0 nitrogen and oxygen atoms in total. The van der Waals surface area contributed by atoms with Gasteiger partial charge in [0.05, 0.1) is 0 Å². The molecule has 2 unspecified atom stereocenters. The van der Waals surface area contributed by atoms with Gasteiger partial charge in [0.15, 0.2) is 0 Å². The molecule has 1 fully saturated rings. The minimum absolute atomic E-state index is 1.08. The Labute approximate surface area is 64.3 Å². The van der Waals surface area contributed by atoms with Crippen molar-refractivity contribution in [2.75, 3.05) is 0 Å². The Bertz CT molecular complexity index is 113. The fraction of sp³-hybridized carbons (Fsp3) is 0.800. The predicted molar refractivity (Wildman–Crippen MR) is 45.9 cm³/mol. The molecule has 1 aliphatic carbocycles. The lowest BCUT2D eigenvalue weighted by atomic mass is 10.1. The summed E-state index contributed by atoms with van der Waals surface area (Å²) in [6, 6.07) is 0. The van der Waals surface area contributed by atoms with Crippen molar-refractivity contribution in [2.45, 2.75) is 39.5 Å². The third-order valence-electron chi connectivity index (χ3n) is 2.53. The molecule has 0 heterocycles. The molecule has 1 saturated carbocycles. The predicted octanol–water partition coefficient (Wildman–Crippen LogP) is 3.39. The highest BCUT2D eigenvalue weighted by atomic mass is 14.4. The van der Waals surface area contributed by atoms with Gasteiger partial charge in [-0.2, -0.15) is 0 Å². The molecule has 1 rings (SSSR count). The summed E-state index contributed by atoms with van der Waals surface area (Å²) >= 11 is 0. The van der Waals surface area contributed by atoms with Crippen LogP contribution in [0.25, 0.3) is 0 Å². The molecule has 0 spiro atoms. The number of hydrogen-bond acceptors (Lipinski definition) is 0. The van der Waals surface area contributed by atoms with Crippen LogP contribution in [0.2, 0.25) is 0 Å². The van der Waals surface area contributed by atoms with Gasteiger partial charge in [-0.1, -0.05) is 25.5 Å². The lowest BCUT2D eigenvalue weighted by Gasteiger charge is -1.92. The standard InChI is InChI=1S/C10H18/c1-3-5-6-7-10-8-9(10)4-2/h3,5,9-10H,4,6-8H2,1-2H3/b5-3-. The molecular weight excluding hydrogens is 120 g/mol. The normalized spacial score (nSPS) is 31.4. The van der Waals surface area contributed by atoms with Crippen LogP contribution in [0.5, 0.6) is 0 Å². The van der Waals surface area contributed by atoms with Crippen molar-refractivity contribution in [3.8, 4) is 0 Å². The van der Waals surface area contributed by atoms with Gasteiger partial charge in [-0.25, -0.2) is 0 Å². The molecule has 0 aromatic heterocycles. The van der Waals surface area contributed by atoms with Crippen molar-refractivity contribution < 1.29 is 0 Å². The maximum Gasteiger partial charge on any atom is -0.0348 e. The Morgan fingerprint density at radius 3 is 2.70 bits per heavy atom. The minimum atomic E-state index is 1.08. The van der Waals surface area contributed by atoms with Gasteiger partial charge in [0.1, 0.15) is 0 Å². The first kappa shape index (κ1) is 7.84. The fourth-order valence-corrected chi connectivity index (χ4v) is 1.64. The average Bonchev–Trinajstić information content (AvgIpc) is 2.68. The largest absolute Gasteiger partial charge is 0.0917 e. The summed E-state index contributed by atoms with van der Waals surface area (Å²) in [6.45, 7) is 4.41. The van der Waals surface area contributed by atoms with Crippen LogP contribution >= 0.6 is 0 Å². The van der Waals surface area contributed by atoms with Crippen molar-refractivity contribution in [1.29, 1.82) is 0 Å². The second kappa shape index (κ2) is 3.80. The van der Waals surface area contributed by atoms with E-state index in [1.807, 2.05) is 0 Å². The Kier molecular flexibility index (Phi) is 2.98. The Morgan fingerprint density at radius 2 is 2.20 bits per heavy atom. The maximum absolute atomic E-state index is 2.31. The molecule has 0 amide bonds. The highest BCUT2D eigenvalue weighted by Gasteiger charge is 2.33. The molecule has 58 valence electrons. The van der Waals surface area contributed by atoms with Gasteiger partial charge in [0.2, 0.25) is 0 Å². The van der Waals surface area contributed by atoms with E-state index >= 15 is 0 Å². The Morgan fingerprint density at radius 1 is 1.40 bits per heavy atom. The SMILES string of the molecule is C/C=C\CCC1CC1CC. The summed E-state index contributed by atoms with van der Waals surface area (Å²) in [4.78, 5) is 0. The highest BCUT2D eigenvalue weighted by Crippen LogP contribution is 2.44. The van der Waals surface area contributed by atoms with Crippen molar-refractivity contribution in [3.63, 3.8) is 0 Å². The monoisotopic (exact) mass is 138 g/mol. The van der Waals surface area contributed by atoms with E-state index < -0.39 is 0 Å². The second-order valence-corrected chi connectivity index (χ2v) is 3.31. The van der Waals surface area contributed by atoms with E-state index in [2.05, 4.69) is 26.0 Å². The molecule has 0 aromatic carbocycles. The molecule has 2 atom stereocenters. The zero-order valence-corrected chi connectivity index (χ0v) is 7.14. The van der Waals surface area contributed by atoms with Crippen molar-refractivity contribution in [3.05, 3.63) is 12.2 Å². The number of allylic oxidation sites excluding steroid dienone is 2. The first-order valence-electron chi connectivity index (χ1n) is 4.49. The van der Waals surface area contributed by atoms with E-state index in [9.17, 15) is 0 Å². The van der Waals surface area contributed by atoms with Gasteiger partial charge in [-0.15, -0.1) is 0 Å². The topological polar surface area (TPSA) is 0 Å². The first-order valence-corrected chi connectivity index (χ1v) is 4.49. The summed E-state index contributed by atoms with van der Waals surface area (Å²) in [7, 11) is 0. The molecule has 0 saturated heterocycles. The smallest absolute Gasteiger partial charge is 0.0348 e. The molecule has 0 radical (unpaired) electrons. The van der Waals surface area contributed by atoms with E-state index in [0.29, 0.717) is 0 Å². The molecular formula is C10H18. The van der Waals surface area contributed by atoms with Crippen LogP contribution in [0.15, 0.2) is 12.2 Å². The maximum atomic E-state index is 2.31. The number of rotatable bonds is 4. The zero-order valence-electron chi connectivity index (χ0n) is 7.14. The van der Waals surface area contributed by atoms with Crippen LogP contribution < -0.4 is 0 Å². The third-order valence-corrected chi connectivity index (χ3v) is 2.53. The summed E-state index contributed by atoms with van der Waals surface area (Å²) < 4.78 is 0. The molecule has 0 aromatic rings. The average molecular weight is 138 g/mol. The summed E-state index contributed by atoms with van der Waals surface area (Å²) in [5.74, 6) is 2.17. The van der Waals surface area contributed by atoms with Crippen LogP contribution in [-0.2, 0) is 0 Å². The van der Waals surface area contributed by atoms with Gasteiger partial charge in [-0.05, 0) is 38.0 Å². The van der Waals surface area contributed by atoms with E-state index in [1.165, 1.54) is 25.7 Å². The van der Waals surface area contributed by atoms with E-state index in [1.54, 1.807) is 0 Å². The summed E-state index contributed by atoms with van der Waals surface area (Å²) in [5, 5.41) is 0. The summed E-state index contributed by atoms with van der Waals surface area (Å²) in [6.07, 6.45) is 10.1. The Hall–Kier alpha value is -0.260. The molecule has 1 aliphatic rings. The lowest BCUT2D eigenvalue weighted by molar-refractivity contribution is 0.638. The second-order valence-electron chi connectivity index (χ2n) is 3.31. The Balaban J connectivity index is 1.96. The molecule has 10 heavy (non-hydrogen) atoms. The molecule has 0 bridgehead atoms. The van der Waals surface area contributed by atoms with Crippen LogP contribution in [0.1, 0.15) is 39.5 Å². The van der Waals surface area contributed by atoms with Gasteiger partial charge >= 0.3 is 0 Å². The van der Waals surface area contributed by atoms with Crippen molar-refractivity contribution in [2.24, 2.45) is 11.8 Å². The summed E-state index contributed by atoms with van der Waals surface area (Å²) in [5.41, 5.74) is 0. The quantitative estimate of drug-likeness (QED) is 0.522. The van der Waals surface area contributed by atoms with Gasteiger partial charge in [0.25, 0.3) is 0 Å². The van der Waals surface area contributed by atoms with Crippen LogP contribution in [0.4, 0.5) is 0 Å². The fourth-order valence-electron chi connectivity index (χ4n) is 1.64. The van der Waals surface area contributed by atoms with Crippen molar-refractivity contribution >= 4 is 0 Å². The molecule has 0 heteroatoms. The van der Waals surface area contributed by atoms with E-state index in [0.717, 1.165) is 11.8 Å².